The van der Waals surface area contributed by atoms with Gasteiger partial charge in [-0.25, -0.2) is 4.79 Å². The SMILES string of the molecule is C#CCN(CC)C(=O)NCC(C)CC(=O)O. The van der Waals surface area contributed by atoms with Gasteiger partial charge in [-0.3, -0.25) is 4.79 Å². The molecule has 0 saturated carbocycles. The van der Waals surface area contributed by atoms with Gasteiger partial charge in [0.1, 0.15) is 0 Å². The van der Waals surface area contributed by atoms with Crippen molar-refractivity contribution in [1.82, 2.24) is 10.2 Å². The van der Waals surface area contributed by atoms with Gasteiger partial charge in [0.2, 0.25) is 0 Å². The number of urea groups is 1. The zero-order chi connectivity index (χ0) is 12.6. The summed E-state index contributed by atoms with van der Waals surface area (Å²) in [5, 5.41) is 11.2. The maximum atomic E-state index is 11.5. The molecular weight excluding hydrogens is 208 g/mol. The van der Waals surface area contributed by atoms with E-state index in [-0.39, 0.29) is 24.9 Å². The minimum Gasteiger partial charge on any atom is -0.481 e. The smallest absolute Gasteiger partial charge is 0.318 e. The minimum absolute atomic E-state index is 0.0432. The molecule has 0 aliphatic rings. The van der Waals surface area contributed by atoms with Crippen molar-refractivity contribution in [1.29, 1.82) is 0 Å². The van der Waals surface area contributed by atoms with E-state index in [0.29, 0.717) is 13.1 Å². The number of carboxylic acid groups (broad SMARTS) is 1. The van der Waals surface area contributed by atoms with Gasteiger partial charge in [-0.15, -0.1) is 6.42 Å². The van der Waals surface area contributed by atoms with Crippen LogP contribution in [0, 0.1) is 18.3 Å². The summed E-state index contributed by atoms with van der Waals surface area (Å²) >= 11 is 0. The van der Waals surface area contributed by atoms with Crippen LogP contribution in [0.2, 0.25) is 0 Å². The Morgan fingerprint density at radius 3 is 2.62 bits per heavy atom. The second kappa shape index (κ2) is 7.57. The summed E-state index contributed by atoms with van der Waals surface area (Å²) in [4.78, 5) is 23.4. The molecule has 0 aliphatic heterocycles. The van der Waals surface area contributed by atoms with Crippen LogP contribution in [0.4, 0.5) is 4.79 Å². The van der Waals surface area contributed by atoms with Gasteiger partial charge in [-0.2, -0.15) is 0 Å². The van der Waals surface area contributed by atoms with Crippen molar-refractivity contribution in [2.45, 2.75) is 20.3 Å². The van der Waals surface area contributed by atoms with Gasteiger partial charge in [0.25, 0.3) is 0 Å². The number of hydrogen-bond acceptors (Lipinski definition) is 2. The van der Waals surface area contributed by atoms with Crippen LogP contribution in [0.15, 0.2) is 0 Å². The lowest BCUT2D eigenvalue weighted by molar-refractivity contribution is -0.137. The molecule has 5 heteroatoms. The fourth-order valence-electron chi connectivity index (χ4n) is 1.18. The van der Waals surface area contributed by atoms with Gasteiger partial charge in [-0.05, 0) is 12.8 Å². The maximum Gasteiger partial charge on any atom is 0.318 e. The van der Waals surface area contributed by atoms with Gasteiger partial charge < -0.3 is 15.3 Å². The zero-order valence-corrected chi connectivity index (χ0v) is 9.69. The third-order valence-corrected chi connectivity index (χ3v) is 2.08. The molecule has 0 aliphatic carbocycles. The van der Waals surface area contributed by atoms with E-state index in [1.807, 2.05) is 6.92 Å². The number of nitrogens with one attached hydrogen (secondary N) is 1. The molecule has 0 radical (unpaired) electrons. The quantitative estimate of drug-likeness (QED) is 0.657. The largest absolute Gasteiger partial charge is 0.481 e. The molecule has 0 aromatic carbocycles. The van der Waals surface area contributed by atoms with Crippen molar-refractivity contribution in [2.75, 3.05) is 19.6 Å². The van der Waals surface area contributed by atoms with Crippen LogP contribution >= 0.6 is 0 Å². The van der Waals surface area contributed by atoms with E-state index in [0.717, 1.165) is 0 Å². The first-order valence-electron chi connectivity index (χ1n) is 5.19. The second-order valence-corrected chi connectivity index (χ2v) is 3.61. The van der Waals surface area contributed by atoms with Gasteiger partial charge in [0.15, 0.2) is 0 Å². The molecule has 0 fully saturated rings. The first kappa shape index (κ1) is 14.3. The van der Waals surface area contributed by atoms with Crippen molar-refractivity contribution in [3.8, 4) is 12.3 Å². The second-order valence-electron chi connectivity index (χ2n) is 3.61. The first-order valence-corrected chi connectivity index (χ1v) is 5.19. The van der Waals surface area contributed by atoms with Crippen LogP contribution in [-0.4, -0.2) is 41.6 Å². The minimum atomic E-state index is -0.863. The van der Waals surface area contributed by atoms with Gasteiger partial charge >= 0.3 is 12.0 Å². The Morgan fingerprint density at radius 2 is 2.19 bits per heavy atom. The number of nitrogens with zero attached hydrogens (tertiary/aromatic N) is 1. The van der Waals surface area contributed by atoms with Crippen molar-refractivity contribution in [3.63, 3.8) is 0 Å². The van der Waals surface area contributed by atoms with Crippen molar-refractivity contribution >= 4 is 12.0 Å². The number of amides is 2. The molecule has 1 atom stereocenters. The van der Waals surface area contributed by atoms with Crippen LogP contribution in [0.5, 0.6) is 0 Å². The summed E-state index contributed by atoms with van der Waals surface area (Å²) in [6.45, 7) is 4.73. The standard InChI is InChI=1S/C11H18N2O3/c1-4-6-13(5-2)11(16)12-8-9(3)7-10(14)15/h1,9H,5-8H2,2-3H3,(H,12,16)(H,14,15). The fourth-order valence-corrected chi connectivity index (χ4v) is 1.18. The Kier molecular flexibility index (Phi) is 6.77. The summed E-state index contributed by atoms with van der Waals surface area (Å²) in [6, 6.07) is -0.252. The predicted octanol–water partition coefficient (Wildman–Crippen LogP) is 0.762. The summed E-state index contributed by atoms with van der Waals surface area (Å²) < 4.78 is 0. The summed E-state index contributed by atoms with van der Waals surface area (Å²) in [7, 11) is 0. The molecule has 0 heterocycles. The van der Waals surface area contributed by atoms with E-state index < -0.39 is 5.97 Å². The Bertz CT molecular complexity index is 283. The van der Waals surface area contributed by atoms with Crippen LogP contribution in [0.1, 0.15) is 20.3 Å². The molecule has 0 spiro atoms. The third kappa shape index (κ3) is 5.91. The Hall–Kier alpha value is -1.70. The van der Waals surface area contributed by atoms with E-state index >= 15 is 0 Å². The highest BCUT2D eigenvalue weighted by molar-refractivity contribution is 5.74. The van der Waals surface area contributed by atoms with Gasteiger partial charge in [0.05, 0.1) is 6.54 Å². The normalized spacial score (nSPS) is 11.3. The molecule has 16 heavy (non-hydrogen) atoms. The van der Waals surface area contributed by atoms with Crippen molar-refractivity contribution in [3.05, 3.63) is 0 Å². The Morgan fingerprint density at radius 1 is 1.56 bits per heavy atom. The number of terminal acetylenes is 1. The lowest BCUT2D eigenvalue weighted by Gasteiger charge is -2.19. The molecule has 90 valence electrons. The number of rotatable bonds is 6. The predicted molar refractivity (Wildman–Crippen MR) is 60.9 cm³/mol. The van der Waals surface area contributed by atoms with E-state index in [9.17, 15) is 9.59 Å². The average Bonchev–Trinajstić information content (AvgIpc) is 2.21. The lowest BCUT2D eigenvalue weighted by Crippen LogP contribution is -2.41. The molecule has 0 aromatic heterocycles. The van der Waals surface area contributed by atoms with Crippen molar-refractivity contribution < 1.29 is 14.7 Å². The first-order chi connectivity index (χ1) is 7.51. The van der Waals surface area contributed by atoms with Gasteiger partial charge in [0, 0.05) is 19.5 Å². The van der Waals surface area contributed by atoms with Crippen molar-refractivity contribution in [2.24, 2.45) is 5.92 Å². The number of carbonyl (C=O) groups excluding carboxylic acids is 1. The third-order valence-electron chi connectivity index (χ3n) is 2.08. The lowest BCUT2D eigenvalue weighted by atomic mass is 10.1. The molecule has 1 unspecified atom stereocenters. The summed E-state index contributed by atoms with van der Waals surface area (Å²) in [5.41, 5.74) is 0. The molecule has 0 rings (SSSR count). The molecule has 2 amide bonds. The highest BCUT2D eigenvalue weighted by Crippen LogP contribution is 1.99. The summed E-state index contributed by atoms with van der Waals surface area (Å²) in [6.07, 6.45) is 5.16. The molecular formula is C11H18N2O3. The molecule has 5 nitrogen and oxygen atoms in total. The van der Waals surface area contributed by atoms with E-state index in [1.165, 1.54) is 4.90 Å². The van der Waals surface area contributed by atoms with E-state index in [4.69, 9.17) is 11.5 Å². The topological polar surface area (TPSA) is 69.6 Å². The maximum absolute atomic E-state index is 11.5. The molecule has 0 bridgehead atoms. The zero-order valence-electron chi connectivity index (χ0n) is 9.69. The number of carboxylic acids is 1. The molecule has 2 N–H and O–H groups in total. The average molecular weight is 226 g/mol. The monoisotopic (exact) mass is 226 g/mol. The number of aliphatic carboxylic acids is 1. The van der Waals surface area contributed by atoms with Crippen LogP contribution < -0.4 is 5.32 Å². The number of carbonyl (C=O) groups is 2. The Labute approximate surface area is 95.8 Å². The highest BCUT2D eigenvalue weighted by atomic mass is 16.4. The van der Waals surface area contributed by atoms with Gasteiger partial charge in [-0.1, -0.05) is 12.8 Å². The molecule has 0 aromatic rings. The Balaban J connectivity index is 3.96. The molecule has 0 saturated heterocycles. The van der Waals surface area contributed by atoms with E-state index in [1.54, 1.807) is 6.92 Å². The fraction of sp³-hybridized carbons (Fsp3) is 0.636. The van der Waals surface area contributed by atoms with Crippen LogP contribution in [0.3, 0.4) is 0 Å². The van der Waals surface area contributed by atoms with Crippen LogP contribution in [0.25, 0.3) is 0 Å². The number of hydrogen-bond donors (Lipinski definition) is 2. The highest BCUT2D eigenvalue weighted by Gasteiger charge is 2.12. The summed E-state index contributed by atoms with van der Waals surface area (Å²) in [5.74, 6) is 1.44. The van der Waals surface area contributed by atoms with Crippen LogP contribution in [-0.2, 0) is 4.79 Å². The van der Waals surface area contributed by atoms with E-state index in [2.05, 4.69) is 11.2 Å².